The van der Waals surface area contributed by atoms with Crippen LogP contribution in [0.15, 0.2) is 72.8 Å². The first kappa shape index (κ1) is 28.9. The largest absolute Gasteiger partial charge is 0.324 e. The minimum absolute atomic E-state index is 0.423. The van der Waals surface area contributed by atoms with E-state index in [1.165, 1.54) is 0 Å². The van der Waals surface area contributed by atoms with Gasteiger partial charge in [0.25, 0.3) is 0 Å². The van der Waals surface area contributed by atoms with Gasteiger partial charge in [0.1, 0.15) is 45.9 Å². The number of nitrogens with one attached hydrogen (secondary N) is 2. The maximum absolute atomic E-state index is 5.33. The standard InChI is InChI=1S/C40H38N8/c1-37(2)33-43-29-25-19-17-21-13-9-11-15-23(21)27(25)32(41-29)46-36-40(7,8)38(3,4)34(48-36)44-30-26-20-18-22-14-10-12-16-24(22)28(26)31(42-30)45-35(47-33)39(37,5)6/h9-20H,1-8H3,(H2,41,42,43,44,45,46,47,48). The molecule has 2 aliphatic rings. The Hall–Kier alpha value is -5.24. The van der Waals surface area contributed by atoms with Crippen molar-refractivity contribution < 1.29 is 0 Å². The summed E-state index contributed by atoms with van der Waals surface area (Å²) < 4.78 is 0. The minimum Gasteiger partial charge on any atom is -0.324 e. The van der Waals surface area contributed by atoms with Crippen LogP contribution in [0.4, 0.5) is 0 Å². The molecule has 0 saturated heterocycles. The first-order valence-corrected chi connectivity index (χ1v) is 16.7. The Labute approximate surface area is 278 Å². The third-order valence-corrected chi connectivity index (χ3v) is 12.0. The molecule has 7 aromatic rings. The van der Waals surface area contributed by atoms with Crippen LogP contribution in [-0.4, -0.2) is 39.9 Å². The molecule has 0 aliphatic carbocycles. The monoisotopic (exact) mass is 630 g/mol. The highest BCUT2D eigenvalue weighted by Gasteiger charge is 2.50. The van der Waals surface area contributed by atoms with Gasteiger partial charge in [0.05, 0.1) is 0 Å². The summed E-state index contributed by atoms with van der Waals surface area (Å²) in [5, 5.41) is 8.54. The summed E-state index contributed by atoms with van der Waals surface area (Å²) in [6.07, 6.45) is 0. The Balaban J connectivity index is 1.54. The first-order valence-electron chi connectivity index (χ1n) is 16.7. The van der Waals surface area contributed by atoms with Crippen LogP contribution < -0.4 is 0 Å². The van der Waals surface area contributed by atoms with E-state index in [1.54, 1.807) is 0 Å². The third-order valence-electron chi connectivity index (χ3n) is 12.0. The van der Waals surface area contributed by atoms with E-state index in [0.29, 0.717) is 0 Å². The summed E-state index contributed by atoms with van der Waals surface area (Å²) in [4.78, 5) is 38.9. The SMILES string of the molecule is CC1(C)c2nc(nc3[nH]c(nc4nc(nc5[nH]c(n2)c2ccc6ccccc6c52)C(C)(C)C4(C)C)c2ccc4ccccc4c32)C1(C)C. The van der Waals surface area contributed by atoms with Crippen LogP contribution in [0.1, 0.15) is 78.7 Å². The molecule has 4 aromatic carbocycles. The highest BCUT2D eigenvalue weighted by atomic mass is 15.1. The molecule has 8 nitrogen and oxygen atoms in total. The second-order valence-corrected chi connectivity index (χ2v) is 15.5. The molecule has 48 heavy (non-hydrogen) atoms. The number of fused-ring (bicyclic) bond motifs is 18. The quantitative estimate of drug-likeness (QED) is 0.173. The smallest absolute Gasteiger partial charge is 0.142 e. The van der Waals surface area contributed by atoms with E-state index in [1.807, 2.05) is 0 Å². The van der Waals surface area contributed by atoms with E-state index in [0.717, 1.165) is 89.0 Å². The van der Waals surface area contributed by atoms with Gasteiger partial charge in [-0.05, 0) is 33.7 Å². The number of rotatable bonds is 0. The Morgan fingerprint density at radius 2 is 0.688 bits per heavy atom. The second kappa shape index (κ2) is 9.22. The summed E-state index contributed by atoms with van der Waals surface area (Å²) in [5.41, 5.74) is 1.24. The highest BCUT2D eigenvalue weighted by Crippen LogP contribution is 2.47. The molecular formula is C40H38N8. The van der Waals surface area contributed by atoms with Gasteiger partial charge in [0.2, 0.25) is 0 Å². The fourth-order valence-corrected chi connectivity index (χ4v) is 7.24. The van der Waals surface area contributed by atoms with E-state index in [4.69, 9.17) is 29.9 Å². The summed E-state index contributed by atoms with van der Waals surface area (Å²) in [5.74, 6) is 2.90. The van der Waals surface area contributed by atoms with Crippen molar-refractivity contribution in [3.8, 4) is 0 Å². The van der Waals surface area contributed by atoms with Gasteiger partial charge in [-0.2, -0.15) is 0 Å². The second-order valence-electron chi connectivity index (χ2n) is 15.5. The zero-order valence-electron chi connectivity index (χ0n) is 28.6. The lowest BCUT2D eigenvalue weighted by Crippen LogP contribution is -2.37. The van der Waals surface area contributed by atoms with Crippen molar-refractivity contribution in [3.05, 3.63) is 96.1 Å². The van der Waals surface area contributed by atoms with E-state index in [9.17, 15) is 0 Å². The third kappa shape index (κ3) is 3.66. The van der Waals surface area contributed by atoms with Gasteiger partial charge in [-0.25, -0.2) is 29.9 Å². The van der Waals surface area contributed by atoms with Crippen LogP contribution in [0.3, 0.4) is 0 Å². The fraction of sp³-hybridized carbons (Fsp3) is 0.300. The first-order chi connectivity index (χ1) is 22.8. The molecule has 8 heteroatoms. The lowest BCUT2D eigenvalue weighted by atomic mass is 9.69. The predicted molar refractivity (Wildman–Crippen MR) is 194 cm³/mol. The lowest BCUT2D eigenvalue weighted by Gasteiger charge is -2.32. The molecule has 3 aromatic heterocycles. The van der Waals surface area contributed by atoms with Crippen molar-refractivity contribution >= 4 is 65.7 Å². The average Bonchev–Trinajstić information content (AvgIpc) is 3.68. The Bertz CT molecular complexity index is 2500. The van der Waals surface area contributed by atoms with Gasteiger partial charge in [-0.1, -0.05) is 116 Å². The molecule has 8 bridgehead atoms. The number of hydrogen-bond acceptors (Lipinski definition) is 6. The van der Waals surface area contributed by atoms with Gasteiger partial charge >= 0.3 is 0 Å². The van der Waals surface area contributed by atoms with E-state index >= 15 is 0 Å². The van der Waals surface area contributed by atoms with Crippen LogP contribution in [0.25, 0.3) is 65.7 Å². The van der Waals surface area contributed by atoms with Crippen molar-refractivity contribution in [3.63, 3.8) is 0 Å². The molecule has 9 rings (SSSR count). The van der Waals surface area contributed by atoms with Crippen LogP contribution >= 0.6 is 0 Å². The molecule has 0 saturated carbocycles. The van der Waals surface area contributed by atoms with Gasteiger partial charge in [0.15, 0.2) is 0 Å². The molecular weight excluding hydrogens is 592 g/mol. The number of benzene rings is 4. The Morgan fingerprint density at radius 3 is 1.06 bits per heavy atom. The summed E-state index contributed by atoms with van der Waals surface area (Å²) in [7, 11) is 0. The summed E-state index contributed by atoms with van der Waals surface area (Å²) >= 11 is 0. The fourth-order valence-electron chi connectivity index (χ4n) is 7.24. The molecule has 0 spiro atoms. The molecule has 2 N–H and O–H groups in total. The zero-order valence-corrected chi connectivity index (χ0v) is 28.6. The van der Waals surface area contributed by atoms with Crippen molar-refractivity contribution in [2.24, 2.45) is 0 Å². The number of hydrogen-bond donors (Lipinski definition) is 2. The van der Waals surface area contributed by atoms with Crippen molar-refractivity contribution in [2.75, 3.05) is 0 Å². The molecule has 5 heterocycles. The lowest BCUT2D eigenvalue weighted by molar-refractivity contribution is 0.310. The van der Waals surface area contributed by atoms with Crippen molar-refractivity contribution in [1.82, 2.24) is 39.9 Å². The number of aromatic nitrogens is 8. The van der Waals surface area contributed by atoms with Crippen LogP contribution in [0.5, 0.6) is 0 Å². The van der Waals surface area contributed by atoms with Crippen molar-refractivity contribution in [1.29, 1.82) is 0 Å². The molecule has 0 unspecified atom stereocenters. The van der Waals surface area contributed by atoms with Crippen LogP contribution in [0, 0.1) is 0 Å². The van der Waals surface area contributed by atoms with Gasteiger partial charge in [0, 0.05) is 43.2 Å². The topological polar surface area (TPSA) is 109 Å². The molecule has 0 fully saturated rings. The van der Waals surface area contributed by atoms with E-state index < -0.39 is 21.7 Å². The van der Waals surface area contributed by atoms with Gasteiger partial charge in [-0.15, -0.1) is 0 Å². The van der Waals surface area contributed by atoms with Crippen LogP contribution in [-0.2, 0) is 21.7 Å². The Kier molecular flexibility index (Phi) is 5.56. The molecule has 0 radical (unpaired) electrons. The molecule has 0 atom stereocenters. The Morgan fingerprint density at radius 1 is 0.354 bits per heavy atom. The highest BCUT2D eigenvalue weighted by molar-refractivity contribution is 6.19. The number of aromatic amines is 2. The molecule has 238 valence electrons. The maximum Gasteiger partial charge on any atom is 0.142 e. The van der Waals surface area contributed by atoms with E-state index in [2.05, 4.69) is 138 Å². The average molecular weight is 631 g/mol. The predicted octanol–water partition coefficient (Wildman–Crippen LogP) is 9.02. The minimum atomic E-state index is -0.424. The summed E-state index contributed by atoms with van der Waals surface area (Å²) in [6.45, 7) is 17.6. The van der Waals surface area contributed by atoms with Crippen molar-refractivity contribution in [2.45, 2.75) is 77.0 Å². The molecule has 0 amide bonds. The van der Waals surface area contributed by atoms with Crippen LogP contribution in [0.2, 0.25) is 0 Å². The number of nitrogens with zero attached hydrogens (tertiary/aromatic N) is 6. The number of H-pyrrole nitrogens is 2. The zero-order chi connectivity index (χ0) is 33.4. The maximum atomic E-state index is 5.33. The normalized spacial score (nSPS) is 17.8. The summed E-state index contributed by atoms with van der Waals surface area (Å²) in [6, 6.07) is 25.4. The van der Waals surface area contributed by atoms with Gasteiger partial charge < -0.3 is 9.97 Å². The van der Waals surface area contributed by atoms with Gasteiger partial charge in [-0.3, -0.25) is 0 Å². The molecule has 2 aliphatic heterocycles. The van der Waals surface area contributed by atoms with E-state index in [-0.39, 0.29) is 0 Å².